The van der Waals surface area contributed by atoms with Crippen molar-refractivity contribution in [2.45, 2.75) is 0 Å². The molecular formula is C10H12N4O4S. The van der Waals surface area contributed by atoms with Gasteiger partial charge in [0.05, 0.1) is 13.7 Å². The molecule has 0 radical (unpaired) electrons. The number of nitrogens with two attached hydrogens (primary N) is 1. The van der Waals surface area contributed by atoms with Crippen LogP contribution in [-0.2, 0) is 14.9 Å². The highest BCUT2D eigenvalue weighted by Crippen LogP contribution is 2.07. The summed E-state index contributed by atoms with van der Waals surface area (Å²) in [5, 5.41) is 0. The van der Waals surface area contributed by atoms with E-state index in [4.69, 9.17) is 5.73 Å². The van der Waals surface area contributed by atoms with Crippen molar-refractivity contribution in [3.05, 3.63) is 23.9 Å². The summed E-state index contributed by atoms with van der Waals surface area (Å²) >= 11 is 0. The maximum Gasteiger partial charge on any atom is 0.422 e. The maximum atomic E-state index is 11.5. The highest BCUT2D eigenvalue weighted by molar-refractivity contribution is 7.91. The number of amides is 1. The van der Waals surface area contributed by atoms with E-state index >= 15 is 0 Å². The normalized spacial score (nSPS) is 10.0. The maximum absolute atomic E-state index is 11.5. The first-order chi connectivity index (χ1) is 8.96. The molecule has 0 fully saturated rings. The van der Waals surface area contributed by atoms with E-state index in [1.165, 1.54) is 12.3 Å². The second-order valence-electron chi connectivity index (χ2n) is 3.13. The molecule has 0 atom stereocenters. The number of pyridine rings is 1. The second kappa shape index (κ2) is 6.58. The monoisotopic (exact) mass is 284 g/mol. The van der Waals surface area contributed by atoms with Gasteiger partial charge in [-0.1, -0.05) is 11.8 Å². The quantitative estimate of drug-likeness (QED) is 0.637. The molecule has 1 aromatic rings. The summed E-state index contributed by atoms with van der Waals surface area (Å²) in [7, 11) is -3.05. The number of hydrogen-bond donors (Lipinski definition) is 3. The Bertz CT molecular complexity index is 618. The summed E-state index contributed by atoms with van der Waals surface area (Å²) in [5.74, 6) is 5.35. The highest BCUT2D eigenvalue weighted by atomic mass is 32.2. The predicted octanol–water partition coefficient (Wildman–Crippen LogP) is -0.595. The van der Waals surface area contributed by atoms with Crippen LogP contribution in [0.1, 0.15) is 5.56 Å². The number of nitrogens with one attached hydrogen (secondary N) is 2. The van der Waals surface area contributed by atoms with E-state index < -0.39 is 16.3 Å². The molecule has 1 rings (SSSR count). The third-order valence-corrected chi connectivity index (χ3v) is 2.65. The molecule has 1 heterocycles. The van der Waals surface area contributed by atoms with Gasteiger partial charge in [-0.05, 0) is 12.1 Å². The number of carbonyl (C=O) groups is 1. The van der Waals surface area contributed by atoms with Crippen molar-refractivity contribution < 1.29 is 17.9 Å². The minimum absolute atomic E-state index is 0.0141. The molecule has 19 heavy (non-hydrogen) atoms. The smallest absolute Gasteiger partial charge is 0.422 e. The zero-order chi connectivity index (χ0) is 14.3. The largest absolute Gasteiger partial charge is 0.452 e. The lowest BCUT2D eigenvalue weighted by atomic mass is 10.2. The molecule has 0 bridgehead atoms. The average Bonchev–Trinajstić information content (AvgIpc) is 2.35. The highest BCUT2D eigenvalue weighted by Gasteiger charge is 2.14. The van der Waals surface area contributed by atoms with Crippen LogP contribution in [0.5, 0.6) is 0 Å². The number of aromatic nitrogens is 1. The van der Waals surface area contributed by atoms with Gasteiger partial charge in [0.15, 0.2) is 0 Å². The van der Waals surface area contributed by atoms with Gasteiger partial charge in [-0.3, -0.25) is 4.72 Å². The Morgan fingerprint density at radius 3 is 2.95 bits per heavy atom. The molecule has 9 heteroatoms. The third kappa shape index (κ3) is 5.24. The first-order valence-corrected chi connectivity index (χ1v) is 6.48. The zero-order valence-electron chi connectivity index (χ0n) is 10.0. The number of carbonyl (C=O) groups excluding carboxylic acids is 1. The van der Waals surface area contributed by atoms with Crippen LogP contribution in [-0.4, -0.2) is 33.1 Å². The first-order valence-electron chi connectivity index (χ1n) is 5.00. The molecule has 0 aliphatic rings. The topological polar surface area (TPSA) is 123 Å². The molecule has 0 aromatic carbocycles. The third-order valence-electron chi connectivity index (χ3n) is 1.74. The molecule has 0 aliphatic carbocycles. The van der Waals surface area contributed by atoms with Crippen molar-refractivity contribution in [1.29, 1.82) is 0 Å². The van der Waals surface area contributed by atoms with Gasteiger partial charge in [0.25, 0.3) is 0 Å². The van der Waals surface area contributed by atoms with Crippen molar-refractivity contribution in [3.63, 3.8) is 0 Å². The Kier molecular flexibility index (Phi) is 5.11. The lowest BCUT2D eigenvalue weighted by molar-refractivity contribution is 0.177. The predicted molar refractivity (Wildman–Crippen MR) is 68.3 cm³/mol. The van der Waals surface area contributed by atoms with E-state index in [1.807, 2.05) is 0 Å². The van der Waals surface area contributed by atoms with E-state index in [1.54, 1.807) is 10.8 Å². The van der Waals surface area contributed by atoms with Crippen LogP contribution in [0.25, 0.3) is 0 Å². The summed E-state index contributed by atoms with van der Waals surface area (Å²) in [5.41, 5.74) is 5.76. The van der Waals surface area contributed by atoms with Crippen LogP contribution in [0.3, 0.4) is 0 Å². The number of nitrogens with zero attached hydrogens (tertiary/aromatic N) is 1. The molecule has 0 aliphatic heterocycles. The summed E-state index contributed by atoms with van der Waals surface area (Å²) in [6.45, 7) is 0.188. The lowest BCUT2D eigenvalue weighted by Crippen LogP contribution is -2.35. The van der Waals surface area contributed by atoms with Gasteiger partial charge in [0.1, 0.15) is 5.82 Å². The molecule has 0 spiro atoms. The van der Waals surface area contributed by atoms with E-state index in [0.717, 1.165) is 7.11 Å². The van der Waals surface area contributed by atoms with Crippen LogP contribution in [0.4, 0.5) is 10.6 Å². The van der Waals surface area contributed by atoms with Crippen LogP contribution in [0.15, 0.2) is 18.3 Å². The number of hydrogen-bond acceptors (Lipinski definition) is 6. The molecule has 0 saturated carbocycles. The second-order valence-corrected chi connectivity index (χ2v) is 4.55. The van der Waals surface area contributed by atoms with Gasteiger partial charge >= 0.3 is 16.3 Å². The van der Waals surface area contributed by atoms with Gasteiger partial charge in [-0.2, -0.15) is 8.42 Å². The molecule has 1 amide bonds. The van der Waals surface area contributed by atoms with E-state index in [0.29, 0.717) is 5.56 Å². The van der Waals surface area contributed by atoms with E-state index in [9.17, 15) is 13.2 Å². The Morgan fingerprint density at radius 2 is 2.32 bits per heavy atom. The number of rotatable bonds is 3. The van der Waals surface area contributed by atoms with Gasteiger partial charge in [0.2, 0.25) is 0 Å². The van der Waals surface area contributed by atoms with Crippen LogP contribution < -0.4 is 15.2 Å². The van der Waals surface area contributed by atoms with Crippen LogP contribution in [0.2, 0.25) is 0 Å². The summed E-state index contributed by atoms with van der Waals surface area (Å²) in [6, 6.07) is 2.99. The molecule has 0 unspecified atom stereocenters. The fourth-order valence-electron chi connectivity index (χ4n) is 1.03. The number of methoxy groups -OCH3 is 1. The van der Waals surface area contributed by atoms with Gasteiger partial charge in [-0.15, -0.1) is 0 Å². The minimum Gasteiger partial charge on any atom is -0.452 e. The minimum atomic E-state index is -4.09. The van der Waals surface area contributed by atoms with Crippen molar-refractivity contribution in [2.24, 2.45) is 5.73 Å². The molecule has 8 nitrogen and oxygen atoms in total. The van der Waals surface area contributed by atoms with Gasteiger partial charge < -0.3 is 10.5 Å². The Morgan fingerprint density at radius 1 is 1.58 bits per heavy atom. The molecular weight excluding hydrogens is 272 g/mol. The van der Waals surface area contributed by atoms with Crippen molar-refractivity contribution in [1.82, 2.24) is 9.71 Å². The van der Waals surface area contributed by atoms with E-state index in [-0.39, 0.29) is 12.4 Å². The lowest BCUT2D eigenvalue weighted by Gasteiger charge is -2.07. The summed E-state index contributed by atoms with van der Waals surface area (Å²) in [6.07, 6.45) is 0.267. The molecule has 102 valence electrons. The summed E-state index contributed by atoms with van der Waals surface area (Å²) in [4.78, 5) is 14.6. The fraction of sp³-hybridized carbons (Fsp3) is 0.200. The number of anilines is 1. The molecule has 0 saturated heterocycles. The van der Waals surface area contributed by atoms with Crippen LogP contribution in [0, 0.1) is 11.8 Å². The van der Waals surface area contributed by atoms with Crippen molar-refractivity contribution >= 4 is 22.1 Å². The Labute approximate surface area is 110 Å². The van der Waals surface area contributed by atoms with Crippen molar-refractivity contribution in [3.8, 4) is 11.8 Å². The SMILES string of the molecule is COC(=O)NS(=O)(=O)Nc1cc(C#CCN)ccn1. The van der Waals surface area contributed by atoms with Gasteiger partial charge in [0, 0.05) is 11.8 Å². The van der Waals surface area contributed by atoms with Gasteiger partial charge in [-0.25, -0.2) is 14.5 Å². The number of ether oxygens (including phenoxy) is 1. The molecule has 1 aromatic heterocycles. The standard InChI is InChI=1S/C10H12N4O4S/c1-18-10(15)14-19(16,17)13-9-7-8(3-2-5-11)4-6-12-9/h4,6-7H,5,11H2,1H3,(H,12,13)(H,14,15). The Balaban J connectivity index is 2.85. The Hall–Kier alpha value is -2.31. The van der Waals surface area contributed by atoms with Crippen molar-refractivity contribution in [2.75, 3.05) is 18.4 Å². The average molecular weight is 284 g/mol. The molecule has 4 N–H and O–H groups in total. The summed E-state index contributed by atoms with van der Waals surface area (Å²) < 4.78 is 30.8. The van der Waals surface area contributed by atoms with E-state index in [2.05, 4.69) is 26.3 Å². The fourth-order valence-corrected chi connectivity index (χ4v) is 1.77. The zero-order valence-corrected chi connectivity index (χ0v) is 10.8. The van der Waals surface area contributed by atoms with Crippen LogP contribution >= 0.6 is 0 Å². The first kappa shape index (κ1) is 14.7.